The molecule has 0 atom stereocenters. The summed E-state index contributed by atoms with van der Waals surface area (Å²) in [7, 11) is 1.64. The monoisotopic (exact) mass is 400 g/mol. The van der Waals surface area contributed by atoms with E-state index in [1.165, 1.54) is 22.5 Å². The number of fused-ring (bicyclic) bond motifs is 1. The van der Waals surface area contributed by atoms with Crippen molar-refractivity contribution in [2.45, 2.75) is 38.0 Å². The van der Waals surface area contributed by atoms with Gasteiger partial charge in [0, 0.05) is 4.90 Å². The number of carbonyl (C=O) groups excluding carboxylic acids is 1. The molecule has 6 heteroatoms. The first-order chi connectivity index (χ1) is 12.8. The first-order valence-electron chi connectivity index (χ1n) is 8.74. The first-order valence-corrected chi connectivity index (χ1v) is 10.5. The highest BCUT2D eigenvalue weighted by Gasteiger charge is 2.16. The van der Waals surface area contributed by atoms with E-state index in [9.17, 15) is 4.79 Å². The van der Waals surface area contributed by atoms with Crippen LogP contribution in [0.3, 0.4) is 0 Å². The van der Waals surface area contributed by atoms with Gasteiger partial charge in [0.05, 0.1) is 23.1 Å². The zero-order chi connectivity index (χ0) is 19.6. The van der Waals surface area contributed by atoms with Gasteiger partial charge in [-0.3, -0.25) is 4.79 Å². The largest absolute Gasteiger partial charge is 0.497 e. The van der Waals surface area contributed by atoms with E-state index in [0.717, 1.165) is 20.9 Å². The van der Waals surface area contributed by atoms with Gasteiger partial charge in [0.15, 0.2) is 5.13 Å². The van der Waals surface area contributed by atoms with E-state index in [4.69, 9.17) is 4.74 Å². The molecule has 1 amide bonds. The smallest absolute Gasteiger partial charge is 0.236 e. The summed E-state index contributed by atoms with van der Waals surface area (Å²) in [4.78, 5) is 18.0. The third-order valence-corrected chi connectivity index (χ3v) is 6.35. The van der Waals surface area contributed by atoms with Crippen LogP contribution in [0.25, 0.3) is 10.2 Å². The van der Waals surface area contributed by atoms with Crippen LogP contribution in [0.4, 0.5) is 5.13 Å². The standard InChI is InChI=1S/C21H24N2O2S2/c1-13-6-7-14(21(2,3)4)10-17(13)26-12-19(24)23-20-22-16-9-8-15(25-5)11-18(16)27-20/h6-11H,12H2,1-5H3,(H,22,23,24). The number of ether oxygens (including phenoxy) is 1. The minimum atomic E-state index is -0.0495. The summed E-state index contributed by atoms with van der Waals surface area (Å²) >= 11 is 3.02. The van der Waals surface area contributed by atoms with Crippen LogP contribution in [0.5, 0.6) is 5.75 Å². The number of thioether (sulfide) groups is 1. The fraction of sp³-hybridized carbons (Fsp3) is 0.333. The summed E-state index contributed by atoms with van der Waals surface area (Å²) in [5.74, 6) is 1.09. The van der Waals surface area contributed by atoms with E-state index in [-0.39, 0.29) is 11.3 Å². The fourth-order valence-corrected chi connectivity index (χ4v) is 4.38. The van der Waals surface area contributed by atoms with E-state index >= 15 is 0 Å². The van der Waals surface area contributed by atoms with Gasteiger partial charge in [-0.2, -0.15) is 0 Å². The number of amides is 1. The SMILES string of the molecule is COc1ccc2nc(NC(=O)CSc3cc(C(C)(C)C)ccc3C)sc2c1. The maximum Gasteiger partial charge on any atom is 0.236 e. The summed E-state index contributed by atoms with van der Waals surface area (Å²) in [5, 5.41) is 3.53. The summed E-state index contributed by atoms with van der Waals surface area (Å²) < 4.78 is 6.22. The van der Waals surface area contributed by atoms with Gasteiger partial charge < -0.3 is 10.1 Å². The molecule has 0 saturated carbocycles. The Balaban J connectivity index is 1.66. The summed E-state index contributed by atoms with van der Waals surface area (Å²) in [6.45, 7) is 8.66. The Bertz CT molecular complexity index is 974. The lowest BCUT2D eigenvalue weighted by molar-refractivity contribution is -0.113. The van der Waals surface area contributed by atoms with E-state index in [1.807, 2.05) is 18.2 Å². The molecule has 142 valence electrons. The second kappa shape index (κ2) is 7.90. The second-order valence-electron chi connectivity index (χ2n) is 7.42. The van der Waals surface area contributed by atoms with Crippen LogP contribution in [0, 0.1) is 6.92 Å². The lowest BCUT2D eigenvalue weighted by Gasteiger charge is -2.20. The molecule has 0 aliphatic heterocycles. The molecular weight excluding hydrogens is 376 g/mol. The van der Waals surface area contributed by atoms with Gasteiger partial charge in [0.2, 0.25) is 5.91 Å². The zero-order valence-electron chi connectivity index (χ0n) is 16.3. The Labute approximate surface area is 168 Å². The third kappa shape index (κ3) is 4.82. The number of nitrogens with one attached hydrogen (secondary N) is 1. The average molecular weight is 401 g/mol. The number of aromatic nitrogens is 1. The van der Waals surface area contributed by atoms with Crippen molar-refractivity contribution in [3.63, 3.8) is 0 Å². The number of benzene rings is 2. The van der Waals surface area contributed by atoms with Crippen LogP contribution in [0.1, 0.15) is 31.9 Å². The molecule has 1 heterocycles. The van der Waals surface area contributed by atoms with Crippen molar-refractivity contribution in [1.29, 1.82) is 0 Å². The predicted octanol–water partition coefficient (Wildman–Crippen LogP) is 5.64. The number of hydrogen-bond acceptors (Lipinski definition) is 5. The minimum Gasteiger partial charge on any atom is -0.497 e. The van der Waals surface area contributed by atoms with Crippen LogP contribution >= 0.6 is 23.1 Å². The van der Waals surface area contributed by atoms with Crippen molar-refractivity contribution >= 4 is 44.4 Å². The van der Waals surface area contributed by atoms with Gasteiger partial charge in [0.1, 0.15) is 5.75 Å². The van der Waals surface area contributed by atoms with Gasteiger partial charge in [-0.1, -0.05) is 44.2 Å². The van der Waals surface area contributed by atoms with Crippen LogP contribution in [-0.2, 0) is 10.2 Å². The molecule has 0 bridgehead atoms. The summed E-state index contributed by atoms with van der Waals surface area (Å²) in [6, 6.07) is 12.2. The molecule has 3 aromatic rings. The Morgan fingerprint density at radius 1 is 1.22 bits per heavy atom. The number of methoxy groups -OCH3 is 1. The van der Waals surface area contributed by atoms with Crippen molar-refractivity contribution in [2.24, 2.45) is 0 Å². The average Bonchev–Trinajstić information content (AvgIpc) is 3.01. The minimum absolute atomic E-state index is 0.0495. The lowest BCUT2D eigenvalue weighted by Crippen LogP contribution is -2.14. The molecule has 1 N–H and O–H groups in total. The number of aryl methyl sites for hydroxylation is 1. The quantitative estimate of drug-likeness (QED) is 0.563. The van der Waals surface area contributed by atoms with Crippen LogP contribution in [0.2, 0.25) is 0 Å². The number of carbonyl (C=O) groups is 1. The molecule has 27 heavy (non-hydrogen) atoms. The molecule has 0 spiro atoms. The normalized spacial score (nSPS) is 11.6. The van der Waals surface area contributed by atoms with Crippen LogP contribution in [-0.4, -0.2) is 23.8 Å². The van der Waals surface area contributed by atoms with Crippen LogP contribution in [0.15, 0.2) is 41.3 Å². The van der Waals surface area contributed by atoms with Gasteiger partial charge in [0.25, 0.3) is 0 Å². The topological polar surface area (TPSA) is 51.2 Å². The maximum atomic E-state index is 12.4. The van der Waals surface area contributed by atoms with E-state index < -0.39 is 0 Å². The molecule has 0 aliphatic rings. The number of rotatable bonds is 5. The van der Waals surface area contributed by atoms with Gasteiger partial charge >= 0.3 is 0 Å². The van der Waals surface area contributed by atoms with E-state index in [2.05, 4.69) is 56.2 Å². The fourth-order valence-electron chi connectivity index (χ4n) is 2.61. The molecule has 4 nitrogen and oxygen atoms in total. The molecule has 0 unspecified atom stereocenters. The van der Waals surface area contributed by atoms with Crippen molar-refractivity contribution in [2.75, 3.05) is 18.2 Å². The Kier molecular flexibility index (Phi) is 5.77. The third-order valence-electron chi connectivity index (χ3n) is 4.25. The summed E-state index contributed by atoms with van der Waals surface area (Å²) in [5.41, 5.74) is 3.41. The Hall–Kier alpha value is -2.05. The maximum absolute atomic E-state index is 12.4. The summed E-state index contributed by atoms with van der Waals surface area (Å²) in [6.07, 6.45) is 0. The van der Waals surface area contributed by atoms with Crippen molar-refractivity contribution in [1.82, 2.24) is 4.98 Å². The zero-order valence-corrected chi connectivity index (χ0v) is 17.9. The van der Waals surface area contributed by atoms with Gasteiger partial charge in [-0.05, 0) is 47.7 Å². The molecule has 0 fully saturated rings. The molecular formula is C21H24N2O2S2. The molecule has 0 radical (unpaired) electrons. The van der Waals surface area contributed by atoms with Gasteiger partial charge in [-0.15, -0.1) is 11.8 Å². The second-order valence-corrected chi connectivity index (χ2v) is 9.47. The molecule has 3 rings (SSSR count). The van der Waals surface area contributed by atoms with E-state index in [1.54, 1.807) is 18.9 Å². The van der Waals surface area contributed by atoms with Crippen LogP contribution < -0.4 is 10.1 Å². The first kappa shape index (κ1) is 19.7. The number of hydrogen-bond donors (Lipinski definition) is 1. The van der Waals surface area contributed by atoms with E-state index in [0.29, 0.717) is 10.9 Å². The number of thiazole rings is 1. The van der Waals surface area contributed by atoms with Crippen molar-refractivity contribution in [3.05, 3.63) is 47.5 Å². The lowest BCUT2D eigenvalue weighted by atomic mass is 9.87. The highest BCUT2D eigenvalue weighted by molar-refractivity contribution is 8.00. The molecule has 2 aromatic carbocycles. The predicted molar refractivity (Wildman–Crippen MR) is 115 cm³/mol. The number of nitrogens with zero attached hydrogens (tertiary/aromatic N) is 1. The van der Waals surface area contributed by atoms with Gasteiger partial charge in [-0.25, -0.2) is 4.98 Å². The molecule has 0 saturated heterocycles. The Morgan fingerprint density at radius 3 is 2.70 bits per heavy atom. The molecule has 1 aromatic heterocycles. The molecule has 0 aliphatic carbocycles. The number of anilines is 1. The highest BCUT2D eigenvalue weighted by Crippen LogP contribution is 2.31. The Morgan fingerprint density at radius 2 is 2.00 bits per heavy atom. The highest BCUT2D eigenvalue weighted by atomic mass is 32.2. The van der Waals surface area contributed by atoms with Crippen molar-refractivity contribution in [3.8, 4) is 5.75 Å². The van der Waals surface area contributed by atoms with Crippen molar-refractivity contribution < 1.29 is 9.53 Å².